The van der Waals surface area contributed by atoms with Crippen LogP contribution in [0.5, 0.6) is 0 Å². The summed E-state index contributed by atoms with van der Waals surface area (Å²) >= 11 is 0. The fraction of sp³-hybridized carbons (Fsp3) is 0.474. The van der Waals surface area contributed by atoms with Gasteiger partial charge in [-0.2, -0.15) is 5.92 Å². The quantitative estimate of drug-likeness (QED) is 0.284. The van der Waals surface area contributed by atoms with Gasteiger partial charge >= 0.3 is 0 Å². The summed E-state index contributed by atoms with van der Waals surface area (Å²) in [5.74, 6) is 0.796. The summed E-state index contributed by atoms with van der Waals surface area (Å²) in [6.45, 7) is 10.1. The van der Waals surface area contributed by atoms with Crippen LogP contribution in [0.15, 0.2) is 63.7 Å². The van der Waals surface area contributed by atoms with E-state index in [4.69, 9.17) is 10.4 Å². The van der Waals surface area contributed by atoms with E-state index in [1.807, 2.05) is 18.2 Å². The second-order valence-electron chi connectivity index (χ2n) is 6.00. The third-order valence-corrected chi connectivity index (χ3v) is 3.74. The molecule has 0 unspecified atom stereocenters. The van der Waals surface area contributed by atoms with Gasteiger partial charge in [0.05, 0.1) is 11.4 Å². The van der Waals surface area contributed by atoms with Crippen molar-refractivity contribution in [3.8, 4) is 0 Å². The fourth-order valence-electron chi connectivity index (χ4n) is 1.62. The van der Waals surface area contributed by atoms with Crippen LogP contribution in [0, 0.1) is 22.7 Å². The van der Waals surface area contributed by atoms with Crippen molar-refractivity contribution in [3.63, 3.8) is 0 Å². The van der Waals surface area contributed by atoms with Crippen LogP contribution in [0.3, 0.4) is 0 Å². The molecular formula is C19H32CoN5O4-. The first-order valence-corrected chi connectivity index (χ1v) is 8.83. The molecule has 167 valence electrons. The first kappa shape index (κ1) is 31.5. The molecule has 4 N–H and O–H groups in total. The maximum atomic E-state index is 9.65. The van der Waals surface area contributed by atoms with Crippen LogP contribution in [0.2, 0.25) is 0 Å². The third-order valence-electron chi connectivity index (χ3n) is 3.74. The zero-order valence-electron chi connectivity index (χ0n) is 17.4. The van der Waals surface area contributed by atoms with E-state index in [1.165, 1.54) is 39.5 Å². The van der Waals surface area contributed by atoms with Crippen molar-refractivity contribution in [2.75, 3.05) is 0 Å². The second kappa shape index (κ2) is 22.1. The molecule has 1 aliphatic carbocycles. The average Bonchev–Trinajstić information content (AvgIpc) is 3.24. The van der Waals surface area contributed by atoms with E-state index < -0.39 is 0 Å². The smallest absolute Gasteiger partial charge is 0.103 e. The number of pyridine rings is 1. The van der Waals surface area contributed by atoms with E-state index in [0.717, 1.165) is 5.92 Å². The minimum Gasteiger partial charge on any atom is -0.340 e. The normalized spacial score (nSPS) is 13.8. The molecule has 1 heterocycles. The molecule has 0 bridgehead atoms. The van der Waals surface area contributed by atoms with Crippen LogP contribution in [0.4, 0.5) is 0 Å². The van der Waals surface area contributed by atoms with Crippen LogP contribution in [0.25, 0.3) is 0 Å². The summed E-state index contributed by atoms with van der Waals surface area (Å²) in [4.78, 5) is 23.1. The number of rotatable bonds is 4. The van der Waals surface area contributed by atoms with Crippen LogP contribution < -0.4 is 11.0 Å². The molecule has 29 heavy (non-hydrogen) atoms. The zero-order valence-corrected chi connectivity index (χ0v) is 18.4. The van der Waals surface area contributed by atoms with Crippen LogP contribution >= 0.6 is 0 Å². The van der Waals surface area contributed by atoms with Crippen molar-refractivity contribution in [1.82, 2.24) is 15.9 Å². The number of hydroxylamine groups is 2. The van der Waals surface area contributed by atoms with Crippen LogP contribution in [0.1, 0.15) is 53.4 Å². The molecular weight excluding hydrogens is 421 g/mol. The first-order valence-electron chi connectivity index (χ1n) is 8.83. The summed E-state index contributed by atoms with van der Waals surface area (Å²) in [5, 5.41) is 21.4. The Hall–Kier alpha value is -2.14. The standard InChI is InChI=1S/C6H11.C5H5N.2C4H8N2O2.Co/c1-6-4-2-3-5-6;1-2-4-6-5-3-1;2*1-3(5-7)4(2)6-8;/h6H,1-5H2;1-5H;2*5,7H,1-2H3;/q-1;;;;/b;;2*4-3-;. The first-order chi connectivity index (χ1) is 13.3. The van der Waals surface area contributed by atoms with Crippen LogP contribution in [-0.2, 0) is 16.8 Å². The van der Waals surface area contributed by atoms with Gasteiger partial charge in [0, 0.05) is 29.2 Å². The number of nitrogens with one attached hydrogen (secondary N) is 2. The SMILES string of the molecule is C/C(N=O)=C(\C)NO.C/C(N=O)=C(\C)NO.[CH2-]C1CCCC1.[Co].c1ccncc1. The molecule has 1 aliphatic rings. The zero-order chi connectivity index (χ0) is 21.8. The van der Waals surface area contributed by atoms with Gasteiger partial charge in [0.1, 0.15) is 11.4 Å². The minimum atomic E-state index is 0. The number of hydrogen-bond donors (Lipinski definition) is 4. The number of nitrogens with zero attached hydrogens (tertiary/aromatic N) is 3. The van der Waals surface area contributed by atoms with E-state index in [-0.39, 0.29) is 28.2 Å². The largest absolute Gasteiger partial charge is 0.340 e. The van der Waals surface area contributed by atoms with Crippen molar-refractivity contribution in [1.29, 1.82) is 0 Å². The molecule has 1 saturated carbocycles. The summed E-state index contributed by atoms with van der Waals surface area (Å²) in [5.41, 5.74) is 4.87. The third kappa shape index (κ3) is 20.4. The number of aromatic nitrogens is 1. The van der Waals surface area contributed by atoms with Gasteiger partial charge in [-0.3, -0.25) is 26.4 Å². The van der Waals surface area contributed by atoms with Crippen molar-refractivity contribution >= 4 is 0 Å². The molecule has 2 rings (SSSR count). The molecule has 0 atom stereocenters. The Kier molecular flexibility index (Phi) is 24.1. The maximum absolute atomic E-state index is 9.65. The van der Waals surface area contributed by atoms with Gasteiger partial charge in [0.2, 0.25) is 0 Å². The Bertz CT molecular complexity index is 535. The van der Waals surface area contributed by atoms with Gasteiger partial charge in [0.15, 0.2) is 0 Å². The van der Waals surface area contributed by atoms with Crippen LogP contribution in [-0.4, -0.2) is 15.4 Å². The maximum Gasteiger partial charge on any atom is 0.103 e. The summed E-state index contributed by atoms with van der Waals surface area (Å²) in [6, 6.07) is 5.72. The van der Waals surface area contributed by atoms with E-state index in [1.54, 1.807) is 37.2 Å². The van der Waals surface area contributed by atoms with E-state index in [2.05, 4.69) is 22.3 Å². The van der Waals surface area contributed by atoms with Gasteiger partial charge in [-0.1, -0.05) is 31.7 Å². The molecule has 0 aliphatic heterocycles. The number of allylic oxidation sites excluding steroid dienone is 4. The molecule has 0 amide bonds. The predicted octanol–water partition coefficient (Wildman–Crippen LogP) is 5.06. The van der Waals surface area contributed by atoms with Gasteiger partial charge in [-0.05, 0) is 50.2 Å². The Morgan fingerprint density at radius 3 is 1.38 bits per heavy atom. The fourth-order valence-corrected chi connectivity index (χ4v) is 1.62. The summed E-state index contributed by atoms with van der Waals surface area (Å²) in [6.07, 6.45) is 9.10. The minimum absolute atomic E-state index is 0. The number of hydrogen-bond acceptors (Lipinski definition) is 9. The van der Waals surface area contributed by atoms with Crippen molar-refractivity contribution in [2.45, 2.75) is 53.4 Å². The predicted molar refractivity (Wildman–Crippen MR) is 110 cm³/mol. The summed E-state index contributed by atoms with van der Waals surface area (Å²) < 4.78 is 0. The van der Waals surface area contributed by atoms with Gasteiger partial charge in [0.25, 0.3) is 0 Å². The molecule has 1 radical (unpaired) electrons. The molecule has 0 spiro atoms. The van der Waals surface area contributed by atoms with Crippen molar-refractivity contribution < 1.29 is 27.2 Å². The Balaban J connectivity index is -0.000000309. The molecule has 9 nitrogen and oxygen atoms in total. The topological polar surface area (TPSA) is 136 Å². The van der Waals surface area contributed by atoms with Gasteiger partial charge in [-0.15, -0.1) is 9.81 Å². The molecule has 1 aromatic heterocycles. The monoisotopic (exact) mass is 453 g/mol. The summed E-state index contributed by atoms with van der Waals surface area (Å²) in [7, 11) is 0. The second-order valence-corrected chi connectivity index (χ2v) is 6.00. The molecule has 10 heteroatoms. The molecule has 1 fully saturated rings. The van der Waals surface area contributed by atoms with Gasteiger partial charge in [-0.25, -0.2) is 0 Å². The average molecular weight is 453 g/mol. The molecule has 0 saturated heterocycles. The van der Waals surface area contributed by atoms with E-state index in [9.17, 15) is 9.81 Å². The van der Waals surface area contributed by atoms with E-state index in [0.29, 0.717) is 11.4 Å². The van der Waals surface area contributed by atoms with Crippen molar-refractivity contribution in [3.05, 3.63) is 70.1 Å². The Labute approximate surface area is 183 Å². The Morgan fingerprint density at radius 2 is 1.28 bits per heavy atom. The molecule has 1 aromatic rings. The van der Waals surface area contributed by atoms with Gasteiger partial charge < -0.3 is 6.92 Å². The number of nitroso groups, excluding NO2 is 2. The Morgan fingerprint density at radius 1 is 0.897 bits per heavy atom. The van der Waals surface area contributed by atoms with Crippen molar-refractivity contribution in [2.24, 2.45) is 16.3 Å². The van der Waals surface area contributed by atoms with E-state index >= 15 is 0 Å². The molecule has 0 aromatic carbocycles.